The summed E-state index contributed by atoms with van der Waals surface area (Å²) in [7, 11) is -2.13. The highest BCUT2D eigenvalue weighted by Gasteiger charge is 2.29. The molecule has 156 valence electrons. The third-order valence-electron chi connectivity index (χ3n) is 5.16. The maximum absolute atomic E-state index is 13.4. The van der Waals surface area contributed by atoms with Crippen LogP contribution in [-0.4, -0.2) is 38.0 Å². The number of aromatic nitrogens is 1. The molecule has 2 aromatic carbocycles. The van der Waals surface area contributed by atoms with Gasteiger partial charge in [-0.25, -0.2) is 8.42 Å². The molecule has 0 spiro atoms. The number of anilines is 1. The predicted octanol–water partition coefficient (Wildman–Crippen LogP) is 3.40. The van der Waals surface area contributed by atoms with Gasteiger partial charge in [-0.15, -0.1) is 0 Å². The van der Waals surface area contributed by atoms with Gasteiger partial charge in [-0.1, -0.05) is 29.4 Å². The normalized spacial score (nSPS) is 13.7. The van der Waals surface area contributed by atoms with Gasteiger partial charge in [0.1, 0.15) is 11.5 Å². The Kier molecular flexibility index (Phi) is 5.34. The molecule has 30 heavy (non-hydrogen) atoms. The predicted molar refractivity (Wildman–Crippen MR) is 113 cm³/mol. The fourth-order valence-electron chi connectivity index (χ4n) is 3.69. The summed E-state index contributed by atoms with van der Waals surface area (Å²) in [5.41, 5.74) is 2.67. The van der Waals surface area contributed by atoms with E-state index in [4.69, 9.17) is 4.52 Å². The van der Waals surface area contributed by atoms with Crippen LogP contribution < -0.4 is 4.31 Å². The molecular formula is C22H23N3O4S. The highest BCUT2D eigenvalue weighted by Crippen LogP contribution is 2.32. The van der Waals surface area contributed by atoms with Crippen LogP contribution >= 0.6 is 0 Å². The van der Waals surface area contributed by atoms with Crippen molar-refractivity contribution >= 4 is 21.6 Å². The van der Waals surface area contributed by atoms with Crippen LogP contribution in [0.15, 0.2) is 64.0 Å². The number of amides is 1. The molecule has 0 aliphatic carbocycles. The van der Waals surface area contributed by atoms with Gasteiger partial charge in [0.15, 0.2) is 0 Å². The molecule has 7 nitrogen and oxygen atoms in total. The van der Waals surface area contributed by atoms with Gasteiger partial charge in [0.2, 0.25) is 0 Å². The van der Waals surface area contributed by atoms with E-state index in [1.54, 1.807) is 32.2 Å². The number of carbonyl (C=O) groups is 1. The smallest absolute Gasteiger partial charge is 0.264 e. The zero-order valence-corrected chi connectivity index (χ0v) is 17.7. The second-order valence-corrected chi connectivity index (χ2v) is 9.29. The van der Waals surface area contributed by atoms with E-state index < -0.39 is 10.0 Å². The molecule has 1 aliphatic rings. The number of fused-ring (bicyclic) bond motifs is 1. The van der Waals surface area contributed by atoms with Crippen LogP contribution in [0.2, 0.25) is 0 Å². The lowest BCUT2D eigenvalue weighted by molar-refractivity contribution is 0.0782. The first kappa shape index (κ1) is 20.2. The molecule has 0 saturated carbocycles. The zero-order chi connectivity index (χ0) is 21.3. The molecule has 0 bridgehead atoms. The SMILES string of the molecule is Cc1cc(CN(C)C(=O)c2cccc(S(=O)(=O)N3CCCc4ccccc43)c2)no1. The Labute approximate surface area is 176 Å². The van der Waals surface area contributed by atoms with Crippen molar-refractivity contribution in [3.63, 3.8) is 0 Å². The molecule has 0 radical (unpaired) electrons. The molecular weight excluding hydrogens is 402 g/mol. The van der Waals surface area contributed by atoms with E-state index in [1.165, 1.54) is 21.3 Å². The van der Waals surface area contributed by atoms with Crippen molar-refractivity contribution in [3.05, 3.63) is 77.2 Å². The third-order valence-corrected chi connectivity index (χ3v) is 6.97. The van der Waals surface area contributed by atoms with Gasteiger partial charge in [0.05, 0.1) is 17.1 Å². The molecule has 1 amide bonds. The summed E-state index contributed by atoms with van der Waals surface area (Å²) in [6.07, 6.45) is 1.61. The molecule has 0 atom stereocenters. The van der Waals surface area contributed by atoms with E-state index in [0.29, 0.717) is 29.2 Å². The lowest BCUT2D eigenvalue weighted by Gasteiger charge is -2.30. The fourth-order valence-corrected chi connectivity index (χ4v) is 5.28. The highest BCUT2D eigenvalue weighted by atomic mass is 32.2. The quantitative estimate of drug-likeness (QED) is 0.626. The summed E-state index contributed by atoms with van der Waals surface area (Å²) in [5.74, 6) is 0.382. The molecule has 8 heteroatoms. The topological polar surface area (TPSA) is 83.7 Å². The summed E-state index contributed by atoms with van der Waals surface area (Å²) in [5, 5.41) is 3.90. The van der Waals surface area contributed by atoms with Gasteiger partial charge in [-0.3, -0.25) is 9.10 Å². The molecule has 0 unspecified atom stereocenters. The van der Waals surface area contributed by atoms with Crippen molar-refractivity contribution in [2.75, 3.05) is 17.9 Å². The molecule has 0 fully saturated rings. The van der Waals surface area contributed by atoms with Crippen LogP contribution in [0.1, 0.15) is 33.8 Å². The lowest BCUT2D eigenvalue weighted by atomic mass is 10.0. The number of rotatable bonds is 5. The highest BCUT2D eigenvalue weighted by molar-refractivity contribution is 7.92. The maximum Gasteiger partial charge on any atom is 0.264 e. The standard InChI is InChI=1S/C22H23N3O4S/c1-16-13-19(23-29-16)15-24(2)22(26)18-8-5-10-20(14-18)30(27,28)25-12-6-9-17-7-3-4-11-21(17)25/h3-5,7-8,10-11,13-14H,6,9,12,15H2,1-2H3. The van der Waals surface area contributed by atoms with E-state index >= 15 is 0 Å². The number of hydrogen-bond donors (Lipinski definition) is 0. The van der Waals surface area contributed by atoms with Gasteiger partial charge >= 0.3 is 0 Å². The number of carbonyl (C=O) groups excluding carboxylic acids is 1. The van der Waals surface area contributed by atoms with Crippen molar-refractivity contribution in [2.24, 2.45) is 0 Å². The Morgan fingerprint density at radius 3 is 2.73 bits per heavy atom. The van der Waals surface area contributed by atoms with Crippen LogP contribution in [0.4, 0.5) is 5.69 Å². The van der Waals surface area contributed by atoms with Crippen molar-refractivity contribution in [1.29, 1.82) is 0 Å². The first-order valence-electron chi connectivity index (χ1n) is 9.74. The number of para-hydroxylation sites is 1. The largest absolute Gasteiger partial charge is 0.361 e. The molecule has 4 rings (SSSR count). The van der Waals surface area contributed by atoms with Crippen LogP contribution in [0.25, 0.3) is 0 Å². The van der Waals surface area contributed by atoms with Crippen molar-refractivity contribution in [2.45, 2.75) is 31.2 Å². The molecule has 1 aliphatic heterocycles. The van der Waals surface area contributed by atoms with Crippen LogP contribution in [0.5, 0.6) is 0 Å². The Morgan fingerprint density at radius 2 is 1.97 bits per heavy atom. The van der Waals surface area contributed by atoms with E-state index in [9.17, 15) is 13.2 Å². The molecule has 1 aromatic heterocycles. The molecule has 3 aromatic rings. The number of sulfonamides is 1. The van der Waals surface area contributed by atoms with Gasteiger partial charge in [0, 0.05) is 25.2 Å². The second-order valence-electron chi connectivity index (χ2n) is 7.43. The Hall–Kier alpha value is -3.13. The third kappa shape index (κ3) is 3.82. The van der Waals surface area contributed by atoms with Crippen molar-refractivity contribution in [1.82, 2.24) is 10.1 Å². The van der Waals surface area contributed by atoms with Gasteiger partial charge in [-0.2, -0.15) is 0 Å². The molecule has 0 saturated heterocycles. The first-order valence-corrected chi connectivity index (χ1v) is 11.2. The summed E-state index contributed by atoms with van der Waals surface area (Å²) in [6, 6.07) is 15.5. The van der Waals surface area contributed by atoms with Gasteiger partial charge < -0.3 is 9.42 Å². The fraction of sp³-hybridized carbons (Fsp3) is 0.273. The summed E-state index contributed by atoms with van der Waals surface area (Å²) >= 11 is 0. The molecule has 2 heterocycles. The maximum atomic E-state index is 13.4. The number of benzene rings is 2. The van der Waals surface area contributed by atoms with Crippen LogP contribution in [-0.2, 0) is 23.0 Å². The van der Waals surface area contributed by atoms with Crippen molar-refractivity contribution in [3.8, 4) is 0 Å². The van der Waals surface area contributed by atoms with E-state index in [2.05, 4.69) is 5.16 Å². The van der Waals surface area contributed by atoms with Crippen LogP contribution in [0, 0.1) is 6.92 Å². The second kappa shape index (κ2) is 7.95. The van der Waals surface area contributed by atoms with Crippen LogP contribution in [0.3, 0.4) is 0 Å². The number of hydrogen-bond acceptors (Lipinski definition) is 5. The minimum absolute atomic E-state index is 0.107. The number of nitrogens with zero attached hydrogens (tertiary/aromatic N) is 3. The Balaban J connectivity index is 1.61. The minimum Gasteiger partial charge on any atom is -0.361 e. The molecule has 0 N–H and O–H groups in total. The first-order chi connectivity index (χ1) is 14.4. The average Bonchev–Trinajstić information content (AvgIpc) is 3.17. The average molecular weight is 426 g/mol. The summed E-state index contributed by atoms with van der Waals surface area (Å²) in [6.45, 7) is 2.47. The number of aryl methyl sites for hydroxylation is 2. The Morgan fingerprint density at radius 1 is 1.17 bits per heavy atom. The van der Waals surface area contributed by atoms with Gasteiger partial charge in [-0.05, 0) is 49.6 Å². The minimum atomic E-state index is -3.78. The zero-order valence-electron chi connectivity index (χ0n) is 16.9. The summed E-state index contributed by atoms with van der Waals surface area (Å²) in [4.78, 5) is 14.5. The monoisotopic (exact) mass is 425 g/mol. The van der Waals surface area contributed by atoms with E-state index in [-0.39, 0.29) is 17.3 Å². The van der Waals surface area contributed by atoms with Gasteiger partial charge in [0.25, 0.3) is 15.9 Å². The Bertz CT molecular complexity index is 1190. The lowest BCUT2D eigenvalue weighted by Crippen LogP contribution is -2.35. The summed E-state index contributed by atoms with van der Waals surface area (Å²) < 4.78 is 33.2. The van der Waals surface area contributed by atoms with E-state index in [1.807, 2.05) is 24.3 Å². The van der Waals surface area contributed by atoms with Crippen molar-refractivity contribution < 1.29 is 17.7 Å². The van der Waals surface area contributed by atoms with E-state index in [0.717, 1.165) is 18.4 Å².